The summed E-state index contributed by atoms with van der Waals surface area (Å²) in [7, 11) is 0. The minimum Gasteiger partial charge on any atom is -0.378 e. The van der Waals surface area contributed by atoms with Crippen LogP contribution in [0.25, 0.3) is 10.4 Å². The first-order valence-electron chi connectivity index (χ1n) is 8.38. The van der Waals surface area contributed by atoms with Gasteiger partial charge in [0.2, 0.25) is 0 Å². The quantitative estimate of drug-likeness (QED) is 0.229. The van der Waals surface area contributed by atoms with Gasteiger partial charge in [-0.15, -0.1) is 0 Å². The Hall–Kier alpha value is -1.92. The van der Waals surface area contributed by atoms with Crippen LogP contribution < -0.4 is 5.73 Å². The molecule has 0 saturated heterocycles. The molecule has 0 aliphatic carbocycles. The fraction of sp³-hybridized carbons (Fsp3) is 0.611. The first-order chi connectivity index (χ1) is 11.8. The monoisotopic (exact) mass is 348 g/mol. The number of hydrogen-bond donors (Lipinski definition) is 1. The molecular formula is C18H28N4O3. The van der Waals surface area contributed by atoms with Crippen molar-refractivity contribution in [3.8, 4) is 0 Å². The van der Waals surface area contributed by atoms with Crippen molar-refractivity contribution in [1.82, 2.24) is 0 Å². The highest BCUT2D eigenvalue weighted by molar-refractivity contribution is 5.97. The van der Waals surface area contributed by atoms with E-state index < -0.39 is 0 Å². The second-order valence-corrected chi connectivity index (χ2v) is 6.81. The van der Waals surface area contributed by atoms with Gasteiger partial charge in [-0.05, 0) is 28.1 Å². The first-order valence-corrected chi connectivity index (χ1v) is 8.38. The van der Waals surface area contributed by atoms with Gasteiger partial charge in [0, 0.05) is 17.0 Å². The summed E-state index contributed by atoms with van der Waals surface area (Å²) in [5.41, 5.74) is 16.4. The second kappa shape index (κ2) is 10.2. The van der Waals surface area contributed by atoms with E-state index >= 15 is 0 Å². The molecule has 0 aliphatic rings. The number of nitrogens with two attached hydrogens (primary N) is 1. The second-order valence-electron chi connectivity index (χ2n) is 6.81. The number of Topliss-reactive ketones (excluding diaryl/α,β-unsaturated/α-hetero) is 1. The van der Waals surface area contributed by atoms with E-state index in [0.717, 1.165) is 11.1 Å². The Labute approximate surface area is 149 Å². The van der Waals surface area contributed by atoms with Gasteiger partial charge in [0.1, 0.15) is 6.61 Å². The number of hydrogen-bond acceptors (Lipinski definition) is 5. The van der Waals surface area contributed by atoms with Crippen LogP contribution in [0, 0.1) is 0 Å². The molecule has 1 atom stereocenters. The third-order valence-electron chi connectivity index (χ3n) is 3.72. The molecule has 1 aromatic rings. The molecule has 1 rings (SSSR count). The van der Waals surface area contributed by atoms with Gasteiger partial charge in [0.05, 0.1) is 25.9 Å². The van der Waals surface area contributed by atoms with E-state index in [9.17, 15) is 4.79 Å². The van der Waals surface area contributed by atoms with Crippen LogP contribution in [0.4, 0.5) is 0 Å². The van der Waals surface area contributed by atoms with E-state index in [0.29, 0.717) is 31.9 Å². The van der Waals surface area contributed by atoms with Crippen LogP contribution in [0.1, 0.15) is 55.2 Å². The van der Waals surface area contributed by atoms with Crippen LogP contribution in [-0.4, -0.2) is 38.8 Å². The van der Waals surface area contributed by atoms with Crippen molar-refractivity contribution < 1.29 is 14.3 Å². The number of carbonyl (C=O) groups excluding carboxylic acids is 1. The lowest BCUT2D eigenvalue weighted by Crippen LogP contribution is -2.18. The zero-order valence-corrected chi connectivity index (χ0v) is 15.5. The molecule has 0 spiro atoms. The van der Waals surface area contributed by atoms with Crippen molar-refractivity contribution in [2.24, 2.45) is 10.8 Å². The molecule has 0 radical (unpaired) electrons. The van der Waals surface area contributed by atoms with E-state index in [1.165, 1.54) is 0 Å². The molecule has 1 unspecified atom stereocenters. The van der Waals surface area contributed by atoms with Crippen LogP contribution in [-0.2, 0) is 14.9 Å². The Bertz CT molecular complexity index is 619. The number of azide groups is 1. The van der Waals surface area contributed by atoms with Gasteiger partial charge in [-0.3, -0.25) is 4.79 Å². The van der Waals surface area contributed by atoms with Gasteiger partial charge in [-0.25, -0.2) is 0 Å². The molecular weight excluding hydrogens is 320 g/mol. The fourth-order valence-electron chi connectivity index (χ4n) is 2.46. The Morgan fingerprint density at radius 1 is 1.28 bits per heavy atom. The van der Waals surface area contributed by atoms with Gasteiger partial charge in [0.15, 0.2) is 5.78 Å². The molecule has 0 saturated carbocycles. The van der Waals surface area contributed by atoms with Crippen molar-refractivity contribution >= 4 is 5.78 Å². The van der Waals surface area contributed by atoms with Crippen molar-refractivity contribution in [2.75, 3.05) is 33.0 Å². The molecule has 7 nitrogen and oxygen atoms in total. The zero-order chi connectivity index (χ0) is 18.9. The number of carbonyl (C=O) groups is 1. The largest absolute Gasteiger partial charge is 0.378 e. The maximum absolute atomic E-state index is 12.3. The number of ether oxygens (including phenoxy) is 2. The Morgan fingerprint density at radius 3 is 2.56 bits per heavy atom. The summed E-state index contributed by atoms with van der Waals surface area (Å²) in [6.45, 7) is 9.75. The topological polar surface area (TPSA) is 110 Å². The standard InChI is InChI=1S/C18H28N4O3/c1-13(21-22-20)15-11-14(5-6-16(15)18(2,3)4)17(23)12-25-10-9-24-8-7-19/h5-6,11,13H,7-10,12,19H2,1-4H3. The highest BCUT2D eigenvalue weighted by Gasteiger charge is 2.22. The summed E-state index contributed by atoms with van der Waals surface area (Å²) < 4.78 is 10.5. The Balaban J connectivity index is 2.85. The fourth-order valence-corrected chi connectivity index (χ4v) is 2.46. The van der Waals surface area contributed by atoms with E-state index in [1.807, 2.05) is 13.0 Å². The van der Waals surface area contributed by atoms with Gasteiger partial charge < -0.3 is 15.2 Å². The lowest BCUT2D eigenvalue weighted by atomic mass is 9.81. The zero-order valence-electron chi connectivity index (χ0n) is 15.5. The molecule has 0 amide bonds. The smallest absolute Gasteiger partial charge is 0.188 e. The average molecular weight is 348 g/mol. The molecule has 0 heterocycles. The lowest BCUT2D eigenvalue weighted by Gasteiger charge is -2.25. The number of rotatable bonds is 10. The van der Waals surface area contributed by atoms with Gasteiger partial charge in [0.25, 0.3) is 0 Å². The maximum Gasteiger partial charge on any atom is 0.188 e. The van der Waals surface area contributed by atoms with E-state index in [-0.39, 0.29) is 23.8 Å². The summed E-state index contributed by atoms with van der Waals surface area (Å²) in [6.07, 6.45) is 0. The van der Waals surface area contributed by atoms with Crippen LogP contribution in [0.2, 0.25) is 0 Å². The summed E-state index contributed by atoms with van der Waals surface area (Å²) in [5.74, 6) is -0.117. The van der Waals surface area contributed by atoms with Crippen molar-refractivity contribution in [3.63, 3.8) is 0 Å². The average Bonchev–Trinajstić information content (AvgIpc) is 2.56. The van der Waals surface area contributed by atoms with Crippen molar-refractivity contribution in [2.45, 2.75) is 39.2 Å². The number of benzene rings is 1. The molecule has 0 fully saturated rings. The van der Waals surface area contributed by atoms with Crippen LogP contribution in [0.3, 0.4) is 0 Å². The minimum atomic E-state index is -0.349. The first kappa shape index (κ1) is 21.1. The predicted octanol–water partition coefficient (Wildman–Crippen LogP) is 3.53. The summed E-state index contributed by atoms with van der Waals surface area (Å²) in [6, 6.07) is 5.17. The van der Waals surface area contributed by atoms with Crippen molar-refractivity contribution in [1.29, 1.82) is 0 Å². The van der Waals surface area contributed by atoms with Crippen molar-refractivity contribution in [3.05, 3.63) is 45.3 Å². The Morgan fingerprint density at radius 2 is 1.96 bits per heavy atom. The molecule has 1 aromatic carbocycles. The summed E-state index contributed by atoms with van der Waals surface area (Å²) in [5, 5.41) is 3.78. The Kier molecular flexibility index (Phi) is 8.58. The molecule has 2 N–H and O–H groups in total. The van der Waals surface area contributed by atoms with E-state index in [1.54, 1.807) is 12.1 Å². The lowest BCUT2D eigenvalue weighted by molar-refractivity contribution is 0.0460. The highest BCUT2D eigenvalue weighted by Crippen LogP contribution is 2.32. The highest BCUT2D eigenvalue weighted by atomic mass is 16.5. The molecule has 25 heavy (non-hydrogen) atoms. The SMILES string of the molecule is CC(N=[N+]=[N-])c1cc(C(=O)COCCOCCN)ccc1C(C)(C)C. The molecule has 0 bridgehead atoms. The minimum absolute atomic E-state index is 0.0177. The van der Waals surface area contributed by atoms with E-state index in [2.05, 4.69) is 30.8 Å². The number of nitrogens with zero attached hydrogens (tertiary/aromatic N) is 3. The maximum atomic E-state index is 12.3. The third kappa shape index (κ3) is 6.84. The summed E-state index contributed by atoms with van der Waals surface area (Å²) in [4.78, 5) is 15.2. The van der Waals surface area contributed by atoms with Gasteiger partial charge in [-0.2, -0.15) is 0 Å². The van der Waals surface area contributed by atoms with Gasteiger partial charge in [-0.1, -0.05) is 44.9 Å². The van der Waals surface area contributed by atoms with Crippen LogP contribution in [0.5, 0.6) is 0 Å². The molecule has 0 aliphatic heterocycles. The molecule has 0 aromatic heterocycles. The van der Waals surface area contributed by atoms with Crippen LogP contribution >= 0.6 is 0 Å². The van der Waals surface area contributed by atoms with E-state index in [4.69, 9.17) is 20.7 Å². The summed E-state index contributed by atoms with van der Waals surface area (Å²) >= 11 is 0. The van der Waals surface area contributed by atoms with Crippen LogP contribution in [0.15, 0.2) is 23.3 Å². The molecule has 138 valence electrons. The third-order valence-corrected chi connectivity index (χ3v) is 3.72. The van der Waals surface area contributed by atoms with Gasteiger partial charge >= 0.3 is 0 Å². The normalized spacial score (nSPS) is 12.5. The predicted molar refractivity (Wildman–Crippen MR) is 97.7 cm³/mol. The molecule has 7 heteroatoms. The number of ketones is 1.